The van der Waals surface area contributed by atoms with Crippen molar-refractivity contribution in [3.8, 4) is 0 Å². The fraction of sp³-hybridized carbons (Fsp3) is 0.429. The first-order chi connectivity index (χ1) is 14.3. The van der Waals surface area contributed by atoms with Crippen LogP contribution in [0, 0.1) is 0 Å². The number of hydrogen-bond acceptors (Lipinski definition) is 2. The van der Waals surface area contributed by atoms with Gasteiger partial charge in [-0.2, -0.15) is 0 Å². The maximum absolute atomic E-state index is 2.35. The Labute approximate surface area is 185 Å². The minimum Gasteiger partial charge on any atom is -0.381 e. The molecule has 30 heavy (non-hydrogen) atoms. The lowest BCUT2D eigenvalue weighted by Crippen LogP contribution is -2.09. The second-order valence-corrected chi connectivity index (χ2v) is 8.03. The molecule has 0 aliphatic carbocycles. The van der Waals surface area contributed by atoms with E-state index in [4.69, 9.17) is 0 Å². The second kappa shape index (κ2) is 13.7. The summed E-state index contributed by atoms with van der Waals surface area (Å²) in [6, 6.07) is 15.9. The van der Waals surface area contributed by atoms with Gasteiger partial charge in [0, 0.05) is 39.6 Å². The van der Waals surface area contributed by atoms with E-state index in [0.29, 0.717) is 0 Å². The van der Waals surface area contributed by atoms with Crippen molar-refractivity contribution in [2.75, 3.05) is 33.1 Å². The van der Waals surface area contributed by atoms with Crippen LogP contribution in [0.4, 0.5) is 5.69 Å². The van der Waals surface area contributed by atoms with Crippen molar-refractivity contribution in [3.63, 3.8) is 0 Å². The summed E-state index contributed by atoms with van der Waals surface area (Å²) in [7, 11) is 8.29. The number of rotatable bonds is 8. The molecule has 0 aliphatic heterocycles. The Hall–Kier alpha value is -2.48. The molecule has 2 rings (SSSR count). The third-order valence-corrected chi connectivity index (χ3v) is 5.21. The molecule has 2 heteroatoms. The minimum absolute atomic E-state index is 1.02. The molecule has 0 fully saturated rings. The fourth-order valence-corrected chi connectivity index (χ4v) is 3.29. The molecule has 164 valence electrons. The van der Waals surface area contributed by atoms with Gasteiger partial charge in [-0.05, 0) is 73.1 Å². The van der Waals surface area contributed by atoms with Crippen LogP contribution in [0.25, 0.3) is 0 Å². The van der Waals surface area contributed by atoms with Crippen LogP contribution in [0.3, 0.4) is 0 Å². The third-order valence-electron chi connectivity index (χ3n) is 5.21. The van der Waals surface area contributed by atoms with Crippen LogP contribution in [-0.4, -0.2) is 33.1 Å². The summed E-state index contributed by atoms with van der Waals surface area (Å²) in [6.45, 7) is 8.64. The van der Waals surface area contributed by atoms with Gasteiger partial charge in [-0.3, -0.25) is 0 Å². The molecule has 2 nitrogen and oxygen atoms in total. The lowest BCUT2D eigenvalue weighted by molar-refractivity contribution is 0.494. The lowest BCUT2D eigenvalue weighted by atomic mass is 9.98. The van der Waals surface area contributed by atoms with E-state index in [1.807, 2.05) is 13.0 Å². The number of allylic oxidation sites excluding steroid dienone is 4. The van der Waals surface area contributed by atoms with Gasteiger partial charge in [0.25, 0.3) is 0 Å². The van der Waals surface area contributed by atoms with Crippen LogP contribution in [0.5, 0.6) is 0 Å². The van der Waals surface area contributed by atoms with Crippen molar-refractivity contribution in [2.45, 2.75) is 53.4 Å². The van der Waals surface area contributed by atoms with Gasteiger partial charge in [0.05, 0.1) is 0 Å². The number of benzene rings is 2. The summed E-state index contributed by atoms with van der Waals surface area (Å²) in [5, 5.41) is 0. The molecular weight excluding hydrogens is 364 g/mol. The zero-order valence-electron chi connectivity index (χ0n) is 20.5. The van der Waals surface area contributed by atoms with E-state index in [9.17, 15) is 0 Å². The lowest BCUT2D eigenvalue weighted by Gasteiger charge is -2.14. The molecule has 0 atom stereocenters. The molecule has 2 aromatic carbocycles. The fourth-order valence-electron chi connectivity index (χ4n) is 3.29. The van der Waals surface area contributed by atoms with E-state index in [-0.39, 0.29) is 0 Å². The highest BCUT2D eigenvalue weighted by Crippen LogP contribution is 2.18. The van der Waals surface area contributed by atoms with Crippen molar-refractivity contribution in [1.29, 1.82) is 0 Å². The summed E-state index contributed by atoms with van der Waals surface area (Å²) < 4.78 is 0. The SMILES string of the molecule is C/C=C\C=C(/CC)N(C)C.CCc1cc(CC)cc(Cc2ccc(N(C)C)cc2)c1. The Bertz CT molecular complexity index is 774. The molecule has 0 spiro atoms. The molecule has 0 radical (unpaired) electrons. The maximum atomic E-state index is 2.35. The van der Waals surface area contributed by atoms with Crippen LogP contribution < -0.4 is 4.90 Å². The van der Waals surface area contributed by atoms with E-state index in [1.165, 1.54) is 33.6 Å². The summed E-state index contributed by atoms with van der Waals surface area (Å²) in [6.07, 6.45) is 10.6. The number of nitrogens with zero attached hydrogens (tertiary/aromatic N) is 2. The Kier molecular flexibility index (Phi) is 11.7. The molecule has 0 bridgehead atoms. The van der Waals surface area contributed by atoms with Crippen LogP contribution >= 0.6 is 0 Å². The number of hydrogen-bond donors (Lipinski definition) is 0. The number of aryl methyl sites for hydroxylation is 2. The van der Waals surface area contributed by atoms with Crippen LogP contribution in [0.15, 0.2) is 66.4 Å². The zero-order valence-corrected chi connectivity index (χ0v) is 20.5. The Morgan fingerprint density at radius 3 is 1.70 bits per heavy atom. The second-order valence-electron chi connectivity index (χ2n) is 8.03. The van der Waals surface area contributed by atoms with Crippen LogP contribution in [0.2, 0.25) is 0 Å². The summed E-state index contributed by atoms with van der Waals surface area (Å²) in [4.78, 5) is 4.27. The van der Waals surface area contributed by atoms with Gasteiger partial charge in [0.1, 0.15) is 0 Å². The van der Waals surface area contributed by atoms with Gasteiger partial charge in [0.2, 0.25) is 0 Å². The quantitative estimate of drug-likeness (QED) is 0.441. The van der Waals surface area contributed by atoms with Gasteiger partial charge >= 0.3 is 0 Å². The normalized spacial score (nSPS) is 11.3. The first-order valence-electron chi connectivity index (χ1n) is 11.2. The number of anilines is 1. The first-order valence-corrected chi connectivity index (χ1v) is 11.2. The molecule has 0 amide bonds. The van der Waals surface area contributed by atoms with Crippen molar-refractivity contribution in [2.24, 2.45) is 0 Å². The van der Waals surface area contributed by atoms with Gasteiger partial charge < -0.3 is 9.80 Å². The Morgan fingerprint density at radius 1 is 0.767 bits per heavy atom. The standard InChI is InChI=1S/C19H25N.C9H17N/c1-5-15-11-16(6-2)13-18(12-15)14-17-7-9-19(10-8-17)20(3)4;1-5-7-8-9(6-2)10(3)4/h7-13H,5-6,14H2,1-4H3;5,7-8H,6H2,1-4H3/b;7-5-,9-8+. The Morgan fingerprint density at radius 2 is 1.30 bits per heavy atom. The predicted molar refractivity (Wildman–Crippen MR) is 136 cm³/mol. The van der Waals surface area contributed by atoms with Gasteiger partial charge in [-0.25, -0.2) is 0 Å². The van der Waals surface area contributed by atoms with E-state index in [1.54, 1.807) is 0 Å². The summed E-state index contributed by atoms with van der Waals surface area (Å²) in [5.74, 6) is 0. The van der Waals surface area contributed by atoms with Crippen LogP contribution in [0.1, 0.15) is 56.4 Å². The summed E-state index contributed by atoms with van der Waals surface area (Å²) >= 11 is 0. The van der Waals surface area contributed by atoms with Crippen molar-refractivity contribution >= 4 is 5.69 Å². The predicted octanol–water partition coefficient (Wildman–Crippen LogP) is 6.89. The highest BCUT2D eigenvalue weighted by Gasteiger charge is 2.02. The molecule has 0 aromatic heterocycles. The van der Waals surface area contributed by atoms with Crippen LogP contribution in [-0.2, 0) is 19.3 Å². The van der Waals surface area contributed by atoms with E-state index in [0.717, 1.165) is 25.7 Å². The average molecular weight is 407 g/mol. The van der Waals surface area contributed by atoms with Crippen molar-refractivity contribution < 1.29 is 0 Å². The highest BCUT2D eigenvalue weighted by atomic mass is 15.1. The molecule has 0 heterocycles. The zero-order chi connectivity index (χ0) is 22.5. The van der Waals surface area contributed by atoms with Gasteiger partial charge in [-0.1, -0.05) is 63.3 Å². The van der Waals surface area contributed by atoms with E-state index >= 15 is 0 Å². The molecule has 0 N–H and O–H groups in total. The van der Waals surface area contributed by atoms with E-state index < -0.39 is 0 Å². The van der Waals surface area contributed by atoms with Gasteiger partial charge in [0.15, 0.2) is 0 Å². The third kappa shape index (κ3) is 8.90. The summed E-state index contributed by atoms with van der Waals surface area (Å²) in [5.41, 5.74) is 8.32. The van der Waals surface area contributed by atoms with Crippen molar-refractivity contribution in [1.82, 2.24) is 4.90 Å². The van der Waals surface area contributed by atoms with E-state index in [2.05, 4.69) is 113 Å². The highest BCUT2D eigenvalue weighted by molar-refractivity contribution is 5.47. The molecule has 0 aliphatic rings. The van der Waals surface area contributed by atoms with Crippen molar-refractivity contribution in [3.05, 3.63) is 88.6 Å². The average Bonchev–Trinajstić information content (AvgIpc) is 2.74. The molecule has 0 saturated carbocycles. The minimum atomic E-state index is 1.02. The Balaban J connectivity index is 0.000000382. The molecular formula is C28H42N2. The van der Waals surface area contributed by atoms with Gasteiger partial charge in [-0.15, -0.1) is 0 Å². The largest absolute Gasteiger partial charge is 0.381 e. The maximum Gasteiger partial charge on any atom is 0.0361 e. The smallest absolute Gasteiger partial charge is 0.0361 e. The molecule has 0 unspecified atom stereocenters. The molecule has 0 saturated heterocycles. The monoisotopic (exact) mass is 406 g/mol. The molecule has 2 aromatic rings. The topological polar surface area (TPSA) is 6.48 Å². The first kappa shape index (κ1) is 25.6.